The Kier molecular flexibility index (Phi) is 7.32. The first-order valence-corrected chi connectivity index (χ1v) is 10.0. The monoisotopic (exact) mass is 465 g/mol. The van der Waals surface area contributed by atoms with E-state index < -0.39 is 5.97 Å². The number of anilines is 1. The van der Waals surface area contributed by atoms with E-state index in [4.69, 9.17) is 49.4 Å². The first-order valence-electron chi connectivity index (χ1n) is 8.87. The molecule has 0 atom stereocenters. The van der Waals surface area contributed by atoms with Crippen molar-refractivity contribution in [3.63, 3.8) is 0 Å². The lowest BCUT2D eigenvalue weighted by Crippen LogP contribution is -2.04. The Morgan fingerprint density at radius 2 is 1.70 bits per heavy atom. The lowest BCUT2D eigenvalue weighted by Gasteiger charge is -2.15. The van der Waals surface area contributed by atoms with Gasteiger partial charge in [-0.2, -0.15) is 0 Å². The summed E-state index contributed by atoms with van der Waals surface area (Å²) in [4.78, 5) is 11.2. The van der Waals surface area contributed by atoms with Gasteiger partial charge in [-0.25, -0.2) is 4.79 Å². The van der Waals surface area contributed by atoms with E-state index in [2.05, 4.69) is 5.32 Å². The fourth-order valence-electron chi connectivity index (χ4n) is 2.74. The molecule has 3 aromatic rings. The van der Waals surface area contributed by atoms with E-state index in [9.17, 15) is 4.79 Å². The van der Waals surface area contributed by atoms with Gasteiger partial charge >= 0.3 is 5.97 Å². The molecule has 0 aliphatic heterocycles. The predicted molar refractivity (Wildman–Crippen MR) is 120 cm³/mol. The normalized spacial score (nSPS) is 10.5. The second kappa shape index (κ2) is 9.94. The minimum Gasteiger partial charge on any atom is -0.493 e. The van der Waals surface area contributed by atoms with Crippen LogP contribution in [0.15, 0.2) is 54.6 Å². The summed E-state index contributed by atoms with van der Waals surface area (Å²) in [5.41, 5.74) is 2.40. The van der Waals surface area contributed by atoms with Crippen LogP contribution in [0.3, 0.4) is 0 Å². The average molecular weight is 467 g/mol. The van der Waals surface area contributed by atoms with Gasteiger partial charge in [0, 0.05) is 11.6 Å². The predicted octanol–water partition coefficient (Wildman–Crippen LogP) is 6.54. The van der Waals surface area contributed by atoms with Crippen LogP contribution in [0.25, 0.3) is 0 Å². The molecule has 30 heavy (non-hydrogen) atoms. The molecule has 0 aliphatic rings. The van der Waals surface area contributed by atoms with E-state index in [1.807, 2.05) is 12.1 Å². The zero-order valence-electron chi connectivity index (χ0n) is 15.9. The molecule has 3 rings (SSSR count). The van der Waals surface area contributed by atoms with Gasteiger partial charge in [0.2, 0.25) is 0 Å². The van der Waals surface area contributed by atoms with Crippen LogP contribution < -0.4 is 14.8 Å². The smallest absolute Gasteiger partial charge is 0.335 e. The number of nitrogens with one attached hydrogen (secondary N) is 1. The van der Waals surface area contributed by atoms with Gasteiger partial charge in [-0.15, -0.1) is 0 Å². The lowest BCUT2D eigenvalue weighted by molar-refractivity contribution is 0.0697. The van der Waals surface area contributed by atoms with Crippen molar-refractivity contribution in [2.75, 3.05) is 12.4 Å². The summed E-state index contributed by atoms with van der Waals surface area (Å²) < 4.78 is 11.3. The Balaban J connectivity index is 1.74. The quantitative estimate of drug-likeness (QED) is 0.394. The molecule has 5 nitrogen and oxygen atoms in total. The Morgan fingerprint density at radius 1 is 0.967 bits per heavy atom. The van der Waals surface area contributed by atoms with Crippen molar-refractivity contribution >= 4 is 46.5 Å². The maximum Gasteiger partial charge on any atom is 0.335 e. The molecule has 2 N–H and O–H groups in total. The molecular weight excluding hydrogens is 449 g/mol. The number of methoxy groups -OCH3 is 1. The summed E-state index contributed by atoms with van der Waals surface area (Å²) in [5, 5.41) is 13.7. The van der Waals surface area contributed by atoms with Crippen molar-refractivity contribution in [1.29, 1.82) is 0 Å². The van der Waals surface area contributed by atoms with Crippen molar-refractivity contribution in [3.05, 3.63) is 86.4 Å². The number of rotatable bonds is 8. The van der Waals surface area contributed by atoms with E-state index >= 15 is 0 Å². The van der Waals surface area contributed by atoms with Crippen molar-refractivity contribution in [3.8, 4) is 11.5 Å². The van der Waals surface area contributed by atoms with Gasteiger partial charge in [-0.3, -0.25) is 0 Å². The van der Waals surface area contributed by atoms with Crippen LogP contribution in [0.1, 0.15) is 21.5 Å². The zero-order valence-corrected chi connectivity index (χ0v) is 18.2. The van der Waals surface area contributed by atoms with E-state index in [1.165, 1.54) is 25.3 Å². The molecule has 0 saturated carbocycles. The van der Waals surface area contributed by atoms with Crippen LogP contribution in [-0.4, -0.2) is 18.2 Å². The molecule has 156 valence electrons. The van der Waals surface area contributed by atoms with Crippen molar-refractivity contribution in [2.24, 2.45) is 0 Å². The third-order valence-corrected chi connectivity index (χ3v) is 5.14. The van der Waals surface area contributed by atoms with Gasteiger partial charge in [0.25, 0.3) is 0 Å². The topological polar surface area (TPSA) is 67.8 Å². The summed E-state index contributed by atoms with van der Waals surface area (Å²) >= 11 is 18.5. The first-order chi connectivity index (χ1) is 14.4. The van der Waals surface area contributed by atoms with Crippen molar-refractivity contribution in [1.82, 2.24) is 0 Å². The molecule has 0 fully saturated rings. The number of carboxylic acids is 1. The fraction of sp³-hybridized carbons (Fsp3) is 0.136. The molecule has 0 bridgehead atoms. The maximum absolute atomic E-state index is 11.2. The number of carboxylic acid groups (broad SMARTS) is 1. The molecule has 0 spiro atoms. The molecular formula is C22H18Cl3NO4. The fourth-order valence-corrected chi connectivity index (χ4v) is 3.34. The van der Waals surface area contributed by atoms with Crippen LogP contribution in [0.2, 0.25) is 15.1 Å². The minimum atomic E-state index is -1.03. The second-order valence-electron chi connectivity index (χ2n) is 6.38. The number of ether oxygens (including phenoxy) is 2. The standard InChI is InChI=1S/C22H18Cl3NO4/c1-29-20-9-14(11-26-19-10-15(22(27)28)4-7-17(19)24)8-18(25)21(20)30-12-13-2-5-16(23)6-3-13/h2-10,26H,11-12H2,1H3,(H,27,28). The highest BCUT2D eigenvalue weighted by atomic mass is 35.5. The molecule has 0 saturated heterocycles. The molecule has 0 unspecified atom stereocenters. The molecule has 0 aliphatic carbocycles. The zero-order chi connectivity index (χ0) is 21.7. The van der Waals surface area contributed by atoms with Gasteiger partial charge in [0.15, 0.2) is 11.5 Å². The molecule has 0 aromatic heterocycles. The first kappa shape index (κ1) is 22.1. The Morgan fingerprint density at radius 3 is 2.37 bits per heavy atom. The maximum atomic E-state index is 11.2. The van der Waals surface area contributed by atoms with Gasteiger partial charge in [0.1, 0.15) is 6.61 Å². The number of carbonyl (C=O) groups is 1. The summed E-state index contributed by atoms with van der Waals surface area (Å²) in [5.74, 6) is -0.107. The van der Waals surface area contributed by atoms with Crippen LogP contribution >= 0.6 is 34.8 Å². The summed E-state index contributed by atoms with van der Waals surface area (Å²) in [7, 11) is 1.53. The highest BCUT2D eigenvalue weighted by Gasteiger charge is 2.13. The summed E-state index contributed by atoms with van der Waals surface area (Å²) in [6.45, 7) is 0.665. The molecule has 0 radical (unpaired) electrons. The Hall–Kier alpha value is -2.60. The van der Waals surface area contributed by atoms with E-state index in [-0.39, 0.29) is 5.56 Å². The summed E-state index contributed by atoms with van der Waals surface area (Å²) in [6.07, 6.45) is 0. The van der Waals surface area contributed by atoms with Gasteiger partial charge in [-0.05, 0) is 53.6 Å². The highest BCUT2D eigenvalue weighted by Crippen LogP contribution is 2.37. The Bertz CT molecular complexity index is 1050. The summed E-state index contributed by atoms with van der Waals surface area (Å²) in [6, 6.07) is 15.3. The van der Waals surface area contributed by atoms with Gasteiger partial charge < -0.3 is 19.9 Å². The number of hydrogen-bond donors (Lipinski definition) is 2. The van der Waals surface area contributed by atoms with Crippen LogP contribution in [0, 0.1) is 0 Å². The van der Waals surface area contributed by atoms with Crippen LogP contribution in [0.4, 0.5) is 5.69 Å². The van der Waals surface area contributed by atoms with Crippen LogP contribution in [0.5, 0.6) is 11.5 Å². The molecule has 8 heteroatoms. The second-order valence-corrected chi connectivity index (χ2v) is 7.63. The molecule has 0 amide bonds. The van der Waals surface area contributed by atoms with Crippen LogP contribution in [-0.2, 0) is 13.2 Å². The molecule has 0 heterocycles. The highest BCUT2D eigenvalue weighted by molar-refractivity contribution is 6.33. The lowest BCUT2D eigenvalue weighted by atomic mass is 10.1. The van der Waals surface area contributed by atoms with Crippen molar-refractivity contribution in [2.45, 2.75) is 13.2 Å². The van der Waals surface area contributed by atoms with E-state index in [1.54, 1.807) is 24.3 Å². The minimum absolute atomic E-state index is 0.142. The SMILES string of the molecule is COc1cc(CNc2cc(C(=O)O)ccc2Cl)cc(Cl)c1OCc1ccc(Cl)cc1. The van der Waals surface area contributed by atoms with E-state index in [0.29, 0.717) is 45.4 Å². The number of hydrogen-bond acceptors (Lipinski definition) is 4. The third-order valence-electron chi connectivity index (χ3n) is 4.28. The number of halogens is 3. The number of benzene rings is 3. The molecule has 3 aromatic carbocycles. The Labute approximate surface area is 189 Å². The largest absolute Gasteiger partial charge is 0.493 e. The average Bonchev–Trinajstić information content (AvgIpc) is 2.73. The van der Waals surface area contributed by atoms with E-state index in [0.717, 1.165) is 11.1 Å². The van der Waals surface area contributed by atoms with Gasteiger partial charge in [0.05, 0.1) is 28.4 Å². The number of aromatic carboxylic acids is 1. The van der Waals surface area contributed by atoms with Gasteiger partial charge in [-0.1, -0.05) is 46.9 Å². The third kappa shape index (κ3) is 5.51. The van der Waals surface area contributed by atoms with Crippen molar-refractivity contribution < 1.29 is 19.4 Å².